The zero-order chi connectivity index (χ0) is 16.4. The fourth-order valence-corrected chi connectivity index (χ4v) is 3.22. The summed E-state index contributed by atoms with van der Waals surface area (Å²) in [5.41, 5.74) is 1.10. The van der Waals surface area contributed by atoms with Crippen molar-refractivity contribution in [2.45, 2.75) is 44.0 Å². The Balaban J connectivity index is 3.28. The molecule has 1 rings (SSSR count). The van der Waals surface area contributed by atoms with Crippen LogP contribution in [-0.2, 0) is 20.2 Å². The molecule has 0 unspecified atom stereocenters. The van der Waals surface area contributed by atoms with Gasteiger partial charge in [0.1, 0.15) is 6.04 Å². The lowest BCUT2D eigenvalue weighted by Crippen LogP contribution is -2.43. The molecule has 0 aliphatic heterocycles. The highest BCUT2D eigenvalue weighted by Gasteiger charge is 2.27. The van der Waals surface area contributed by atoms with Crippen LogP contribution in [0.4, 0.5) is 0 Å². The highest BCUT2D eigenvalue weighted by Crippen LogP contribution is 2.26. The molecule has 0 fully saturated rings. The van der Waals surface area contributed by atoms with Crippen molar-refractivity contribution >= 4 is 16.0 Å². The lowest BCUT2D eigenvalue weighted by molar-refractivity contribution is -0.139. The van der Waals surface area contributed by atoms with E-state index in [4.69, 9.17) is 10.2 Å². The molecule has 1 atom stereocenters. The Morgan fingerprint density at radius 2 is 1.90 bits per heavy atom. The van der Waals surface area contributed by atoms with Crippen LogP contribution in [0.5, 0.6) is 0 Å². The lowest BCUT2D eigenvalue weighted by Gasteiger charge is -2.21. The van der Waals surface area contributed by atoms with E-state index >= 15 is 0 Å². The quantitative estimate of drug-likeness (QED) is 0.752. The predicted octanol–water partition coefficient (Wildman–Crippen LogP) is 1.02. The van der Waals surface area contributed by atoms with Gasteiger partial charge in [-0.1, -0.05) is 32.9 Å². The number of hydrogen-bond donors (Lipinski definition) is 3. The van der Waals surface area contributed by atoms with Crippen molar-refractivity contribution in [3.8, 4) is 0 Å². The number of carboxylic acids is 1. The number of benzene rings is 1. The van der Waals surface area contributed by atoms with E-state index < -0.39 is 28.6 Å². The van der Waals surface area contributed by atoms with E-state index in [2.05, 4.69) is 0 Å². The van der Waals surface area contributed by atoms with Gasteiger partial charge in [-0.2, -0.15) is 4.72 Å². The van der Waals surface area contributed by atoms with Crippen molar-refractivity contribution < 1.29 is 23.4 Å². The Labute approximate surface area is 124 Å². The molecule has 0 bridgehead atoms. The lowest BCUT2D eigenvalue weighted by atomic mass is 9.87. The van der Waals surface area contributed by atoms with E-state index in [-0.39, 0.29) is 10.3 Å². The Morgan fingerprint density at radius 1 is 1.33 bits per heavy atom. The SMILES string of the molecule is Cc1ccc(C(C)(C)C)cc1S(=O)(=O)N[C@@H](CO)C(=O)O. The molecule has 1 aromatic carbocycles. The minimum absolute atomic E-state index is 0.0228. The summed E-state index contributed by atoms with van der Waals surface area (Å²) in [6.45, 7) is 6.68. The van der Waals surface area contributed by atoms with E-state index in [0.717, 1.165) is 5.56 Å². The van der Waals surface area contributed by atoms with Crippen LogP contribution < -0.4 is 4.72 Å². The third-order valence-electron chi connectivity index (χ3n) is 3.12. The molecule has 0 saturated carbocycles. The molecule has 0 spiro atoms. The third kappa shape index (κ3) is 4.26. The minimum Gasteiger partial charge on any atom is -0.480 e. The molecule has 118 valence electrons. The van der Waals surface area contributed by atoms with E-state index in [9.17, 15) is 13.2 Å². The van der Waals surface area contributed by atoms with Gasteiger partial charge in [0.15, 0.2) is 0 Å². The first-order valence-electron chi connectivity index (χ1n) is 6.46. The van der Waals surface area contributed by atoms with Crippen LogP contribution in [0.15, 0.2) is 23.1 Å². The van der Waals surface area contributed by atoms with Crippen molar-refractivity contribution in [1.29, 1.82) is 0 Å². The van der Waals surface area contributed by atoms with E-state index in [1.54, 1.807) is 13.0 Å². The second-order valence-electron chi connectivity index (χ2n) is 5.92. The number of nitrogens with one attached hydrogen (secondary N) is 1. The number of aliphatic carboxylic acids is 1. The molecule has 7 heteroatoms. The zero-order valence-electron chi connectivity index (χ0n) is 12.5. The Bertz CT molecular complexity index is 631. The van der Waals surface area contributed by atoms with Gasteiger partial charge in [0.25, 0.3) is 0 Å². The van der Waals surface area contributed by atoms with Gasteiger partial charge < -0.3 is 10.2 Å². The van der Waals surface area contributed by atoms with Gasteiger partial charge in [0.05, 0.1) is 11.5 Å². The second-order valence-corrected chi connectivity index (χ2v) is 7.61. The normalized spacial score (nSPS) is 14.0. The zero-order valence-corrected chi connectivity index (χ0v) is 13.4. The molecule has 6 nitrogen and oxygen atoms in total. The van der Waals surface area contributed by atoms with Crippen LogP contribution >= 0.6 is 0 Å². The van der Waals surface area contributed by atoms with Gasteiger partial charge in [-0.05, 0) is 29.5 Å². The van der Waals surface area contributed by atoms with Crippen LogP contribution in [0.25, 0.3) is 0 Å². The molecular weight excluding hydrogens is 294 g/mol. The molecule has 0 aromatic heterocycles. The maximum absolute atomic E-state index is 12.3. The summed E-state index contributed by atoms with van der Waals surface area (Å²) in [7, 11) is -4.02. The first kappa shape index (κ1) is 17.6. The molecule has 0 amide bonds. The monoisotopic (exact) mass is 315 g/mol. The average Bonchev–Trinajstić information content (AvgIpc) is 2.34. The van der Waals surface area contributed by atoms with Gasteiger partial charge in [0.2, 0.25) is 10.0 Å². The van der Waals surface area contributed by atoms with Crippen molar-refractivity contribution in [3.63, 3.8) is 0 Å². The van der Waals surface area contributed by atoms with Gasteiger partial charge in [-0.15, -0.1) is 0 Å². The molecule has 3 N–H and O–H groups in total. The number of carbonyl (C=O) groups is 1. The molecule has 0 heterocycles. The second kappa shape index (κ2) is 6.13. The number of sulfonamides is 1. The highest BCUT2D eigenvalue weighted by atomic mass is 32.2. The van der Waals surface area contributed by atoms with Crippen molar-refractivity contribution in [1.82, 2.24) is 4.72 Å². The topological polar surface area (TPSA) is 104 Å². The average molecular weight is 315 g/mol. The number of aryl methyl sites for hydroxylation is 1. The van der Waals surface area contributed by atoms with Crippen molar-refractivity contribution in [2.75, 3.05) is 6.61 Å². The fourth-order valence-electron chi connectivity index (χ4n) is 1.77. The van der Waals surface area contributed by atoms with E-state index in [1.165, 1.54) is 6.07 Å². The Kier molecular flexibility index (Phi) is 5.14. The van der Waals surface area contributed by atoms with Gasteiger partial charge in [-0.3, -0.25) is 4.79 Å². The summed E-state index contributed by atoms with van der Waals surface area (Å²) in [6.07, 6.45) is 0. The number of hydrogen-bond acceptors (Lipinski definition) is 4. The first-order chi connectivity index (χ1) is 9.49. The summed E-state index contributed by atoms with van der Waals surface area (Å²) in [5, 5.41) is 17.8. The molecule has 0 radical (unpaired) electrons. The number of aliphatic hydroxyl groups excluding tert-OH is 1. The molecule has 1 aromatic rings. The molecule has 0 saturated heterocycles. The van der Waals surface area contributed by atoms with E-state index in [0.29, 0.717) is 5.56 Å². The van der Waals surface area contributed by atoms with Crippen LogP contribution in [-0.4, -0.2) is 37.2 Å². The summed E-state index contributed by atoms with van der Waals surface area (Å²) >= 11 is 0. The van der Waals surface area contributed by atoms with Crippen LogP contribution in [0.1, 0.15) is 31.9 Å². The molecule has 0 aliphatic rings. The largest absolute Gasteiger partial charge is 0.480 e. The highest BCUT2D eigenvalue weighted by molar-refractivity contribution is 7.89. The standard InChI is InChI=1S/C14H21NO5S/c1-9-5-6-10(14(2,3)4)7-12(9)21(19,20)15-11(8-16)13(17)18/h5-7,11,15-16H,8H2,1-4H3,(H,17,18)/t11-/m0/s1. The number of carboxylic acid groups (broad SMARTS) is 1. The molecule has 0 aliphatic carbocycles. The van der Waals surface area contributed by atoms with Crippen molar-refractivity contribution in [3.05, 3.63) is 29.3 Å². The maximum Gasteiger partial charge on any atom is 0.324 e. The van der Waals surface area contributed by atoms with Gasteiger partial charge in [0, 0.05) is 0 Å². The fraction of sp³-hybridized carbons (Fsp3) is 0.500. The maximum atomic E-state index is 12.3. The summed E-state index contributed by atoms with van der Waals surface area (Å²) in [4.78, 5) is 10.9. The van der Waals surface area contributed by atoms with E-state index in [1.807, 2.05) is 31.6 Å². The van der Waals surface area contributed by atoms with Crippen LogP contribution in [0.2, 0.25) is 0 Å². The van der Waals surface area contributed by atoms with Crippen LogP contribution in [0, 0.1) is 6.92 Å². The van der Waals surface area contributed by atoms with Gasteiger partial charge >= 0.3 is 5.97 Å². The van der Waals surface area contributed by atoms with Crippen molar-refractivity contribution in [2.24, 2.45) is 0 Å². The number of rotatable bonds is 5. The first-order valence-corrected chi connectivity index (χ1v) is 7.94. The molecular formula is C14H21NO5S. The van der Waals surface area contributed by atoms with Crippen LogP contribution in [0.3, 0.4) is 0 Å². The smallest absolute Gasteiger partial charge is 0.324 e. The minimum atomic E-state index is -4.02. The number of aliphatic hydroxyl groups is 1. The third-order valence-corrected chi connectivity index (χ3v) is 4.74. The Hall–Kier alpha value is -1.44. The van der Waals surface area contributed by atoms with Gasteiger partial charge in [-0.25, -0.2) is 8.42 Å². The summed E-state index contributed by atoms with van der Waals surface area (Å²) in [5.74, 6) is -1.43. The Morgan fingerprint density at radius 3 is 2.33 bits per heavy atom. The summed E-state index contributed by atoms with van der Waals surface area (Å²) < 4.78 is 26.6. The molecule has 21 heavy (non-hydrogen) atoms. The predicted molar refractivity (Wildman–Crippen MR) is 78.7 cm³/mol. The summed E-state index contributed by atoms with van der Waals surface area (Å²) in [6, 6.07) is 3.50.